The van der Waals surface area contributed by atoms with Crippen molar-refractivity contribution in [3.63, 3.8) is 0 Å². The number of nitrogens with zero attached hydrogens (tertiary/aromatic N) is 1. The molecule has 4 nitrogen and oxygen atoms in total. The Bertz CT molecular complexity index is 512. The van der Waals surface area contributed by atoms with E-state index in [1.165, 1.54) is 0 Å². The maximum atomic E-state index is 11.8. The molecule has 1 unspecified atom stereocenters. The van der Waals surface area contributed by atoms with E-state index in [1.807, 2.05) is 56.3 Å². The van der Waals surface area contributed by atoms with Crippen molar-refractivity contribution in [2.45, 2.75) is 19.5 Å². The van der Waals surface area contributed by atoms with E-state index < -0.39 is 0 Å². The van der Waals surface area contributed by atoms with Gasteiger partial charge in [-0.25, -0.2) is 0 Å². The summed E-state index contributed by atoms with van der Waals surface area (Å²) in [7, 11) is 3.88. The Morgan fingerprint density at radius 1 is 1.39 bits per heavy atom. The number of fused-ring (bicyclic) bond motifs is 1. The van der Waals surface area contributed by atoms with Crippen LogP contribution in [0.25, 0.3) is 10.9 Å². The van der Waals surface area contributed by atoms with E-state index in [9.17, 15) is 4.79 Å². The molecule has 0 aliphatic carbocycles. The van der Waals surface area contributed by atoms with Crippen LogP contribution in [-0.4, -0.2) is 36.1 Å². The molecule has 0 bridgehead atoms. The molecule has 1 aromatic carbocycles. The number of aromatic nitrogens is 1. The Labute approximate surface area is 107 Å². The quantitative estimate of drug-likeness (QED) is 0.806. The van der Waals surface area contributed by atoms with E-state index in [2.05, 4.69) is 10.3 Å². The number of carbonyl (C=O) groups is 1. The lowest BCUT2D eigenvalue weighted by Gasteiger charge is -2.20. The molecule has 0 spiro atoms. The molecule has 2 rings (SSSR count). The molecule has 2 aromatic rings. The van der Waals surface area contributed by atoms with Gasteiger partial charge in [-0.2, -0.15) is 0 Å². The van der Waals surface area contributed by atoms with E-state index in [1.54, 1.807) is 0 Å². The summed E-state index contributed by atoms with van der Waals surface area (Å²) in [5.74, 6) is 0.0303. The highest BCUT2D eigenvalue weighted by atomic mass is 16.1. The molecule has 96 valence electrons. The Hall–Kier alpha value is -1.81. The fourth-order valence-corrected chi connectivity index (χ4v) is 1.81. The molecular weight excluding hydrogens is 226 g/mol. The second kappa shape index (κ2) is 5.23. The van der Waals surface area contributed by atoms with Gasteiger partial charge in [0, 0.05) is 11.2 Å². The van der Waals surface area contributed by atoms with Crippen molar-refractivity contribution in [1.82, 2.24) is 15.2 Å². The summed E-state index contributed by atoms with van der Waals surface area (Å²) in [4.78, 5) is 17.1. The normalized spacial score (nSPS) is 12.9. The van der Waals surface area contributed by atoms with Crippen LogP contribution >= 0.6 is 0 Å². The highest BCUT2D eigenvalue weighted by Gasteiger charge is 2.10. The molecule has 0 saturated carbocycles. The summed E-state index contributed by atoms with van der Waals surface area (Å²) in [6.45, 7) is 1.96. The van der Waals surface area contributed by atoms with Crippen LogP contribution in [0.4, 0.5) is 0 Å². The Balaban J connectivity index is 2.03. The van der Waals surface area contributed by atoms with Gasteiger partial charge in [0.15, 0.2) is 0 Å². The molecule has 1 aromatic heterocycles. The van der Waals surface area contributed by atoms with Crippen molar-refractivity contribution < 1.29 is 4.79 Å². The predicted molar refractivity (Wildman–Crippen MR) is 73.3 cm³/mol. The van der Waals surface area contributed by atoms with Crippen LogP contribution < -0.4 is 5.32 Å². The molecule has 1 amide bonds. The Morgan fingerprint density at radius 3 is 2.78 bits per heavy atom. The molecule has 0 aliphatic heterocycles. The Morgan fingerprint density at radius 2 is 2.11 bits per heavy atom. The SMILES string of the molecule is CC(NC(=O)Cc1cc2ccccc2[nH]1)N(C)C. The zero-order chi connectivity index (χ0) is 13.1. The fraction of sp³-hybridized carbons (Fsp3) is 0.357. The van der Waals surface area contributed by atoms with E-state index in [4.69, 9.17) is 0 Å². The minimum Gasteiger partial charge on any atom is -0.358 e. The monoisotopic (exact) mass is 245 g/mol. The number of hydrogen-bond donors (Lipinski definition) is 2. The van der Waals surface area contributed by atoms with E-state index >= 15 is 0 Å². The minimum atomic E-state index is 0.0303. The summed E-state index contributed by atoms with van der Waals surface area (Å²) < 4.78 is 0. The first kappa shape index (κ1) is 12.6. The van der Waals surface area contributed by atoms with Crippen molar-refractivity contribution >= 4 is 16.8 Å². The van der Waals surface area contributed by atoms with Crippen LogP contribution in [0.5, 0.6) is 0 Å². The van der Waals surface area contributed by atoms with Gasteiger partial charge >= 0.3 is 0 Å². The molecule has 1 heterocycles. The van der Waals surface area contributed by atoms with Gasteiger partial charge in [0.1, 0.15) is 0 Å². The molecular formula is C14H19N3O. The number of aromatic amines is 1. The van der Waals surface area contributed by atoms with Gasteiger partial charge in [-0.1, -0.05) is 18.2 Å². The third kappa shape index (κ3) is 2.90. The number of carbonyl (C=O) groups excluding carboxylic acids is 1. The van der Waals surface area contributed by atoms with Crippen molar-refractivity contribution in [3.05, 3.63) is 36.0 Å². The average molecular weight is 245 g/mol. The predicted octanol–water partition coefficient (Wildman–Crippen LogP) is 1.73. The average Bonchev–Trinajstić information content (AvgIpc) is 2.70. The summed E-state index contributed by atoms with van der Waals surface area (Å²) in [5, 5.41) is 4.08. The molecule has 2 N–H and O–H groups in total. The third-order valence-corrected chi connectivity index (χ3v) is 3.08. The summed E-state index contributed by atoms with van der Waals surface area (Å²) in [6, 6.07) is 10.1. The van der Waals surface area contributed by atoms with Crippen molar-refractivity contribution in [2.75, 3.05) is 14.1 Å². The number of benzene rings is 1. The van der Waals surface area contributed by atoms with Gasteiger partial charge < -0.3 is 10.3 Å². The van der Waals surface area contributed by atoms with Gasteiger partial charge in [0.2, 0.25) is 5.91 Å². The topological polar surface area (TPSA) is 48.1 Å². The highest BCUT2D eigenvalue weighted by Crippen LogP contribution is 2.14. The molecule has 4 heteroatoms. The first-order chi connectivity index (χ1) is 8.56. The van der Waals surface area contributed by atoms with Gasteiger partial charge in [0.25, 0.3) is 0 Å². The zero-order valence-corrected chi connectivity index (χ0v) is 11.0. The number of amides is 1. The molecule has 1 atom stereocenters. The van der Waals surface area contributed by atoms with Crippen molar-refractivity contribution in [3.8, 4) is 0 Å². The van der Waals surface area contributed by atoms with Crippen LogP contribution in [-0.2, 0) is 11.2 Å². The van der Waals surface area contributed by atoms with Gasteiger partial charge in [-0.3, -0.25) is 9.69 Å². The second-order valence-corrected chi connectivity index (χ2v) is 4.77. The lowest BCUT2D eigenvalue weighted by atomic mass is 10.2. The van der Waals surface area contributed by atoms with Crippen LogP contribution in [0.2, 0.25) is 0 Å². The zero-order valence-electron chi connectivity index (χ0n) is 11.0. The first-order valence-electron chi connectivity index (χ1n) is 6.08. The van der Waals surface area contributed by atoms with Crippen LogP contribution in [0.1, 0.15) is 12.6 Å². The number of H-pyrrole nitrogens is 1. The first-order valence-corrected chi connectivity index (χ1v) is 6.08. The number of rotatable bonds is 4. The van der Waals surface area contributed by atoms with E-state index in [0.29, 0.717) is 6.42 Å². The van der Waals surface area contributed by atoms with Crippen LogP contribution in [0.15, 0.2) is 30.3 Å². The highest BCUT2D eigenvalue weighted by molar-refractivity contribution is 5.84. The second-order valence-electron chi connectivity index (χ2n) is 4.77. The van der Waals surface area contributed by atoms with Gasteiger partial charge in [-0.05, 0) is 38.5 Å². The molecule has 0 radical (unpaired) electrons. The molecule has 0 aliphatic rings. The largest absolute Gasteiger partial charge is 0.358 e. The lowest BCUT2D eigenvalue weighted by Crippen LogP contribution is -2.42. The van der Waals surface area contributed by atoms with Crippen LogP contribution in [0.3, 0.4) is 0 Å². The van der Waals surface area contributed by atoms with Crippen LogP contribution in [0, 0.1) is 0 Å². The maximum Gasteiger partial charge on any atom is 0.227 e. The summed E-state index contributed by atoms with van der Waals surface area (Å²) in [6.07, 6.45) is 0.425. The summed E-state index contributed by atoms with van der Waals surface area (Å²) in [5.41, 5.74) is 2.01. The standard InChI is InChI=1S/C14H19N3O/c1-10(17(2)3)15-14(18)9-12-8-11-6-4-5-7-13(11)16-12/h4-8,10,16H,9H2,1-3H3,(H,15,18). The molecule has 18 heavy (non-hydrogen) atoms. The van der Waals surface area contributed by atoms with Crippen molar-refractivity contribution in [1.29, 1.82) is 0 Å². The summed E-state index contributed by atoms with van der Waals surface area (Å²) >= 11 is 0. The van der Waals surface area contributed by atoms with E-state index in [0.717, 1.165) is 16.6 Å². The number of nitrogens with one attached hydrogen (secondary N) is 2. The number of hydrogen-bond acceptors (Lipinski definition) is 2. The lowest BCUT2D eigenvalue weighted by molar-refractivity contribution is -0.122. The maximum absolute atomic E-state index is 11.8. The minimum absolute atomic E-state index is 0.0303. The molecule has 0 fully saturated rings. The third-order valence-electron chi connectivity index (χ3n) is 3.08. The van der Waals surface area contributed by atoms with Crippen molar-refractivity contribution in [2.24, 2.45) is 0 Å². The number of para-hydroxylation sites is 1. The smallest absolute Gasteiger partial charge is 0.227 e. The van der Waals surface area contributed by atoms with Gasteiger partial charge in [0.05, 0.1) is 12.6 Å². The van der Waals surface area contributed by atoms with Gasteiger partial charge in [-0.15, -0.1) is 0 Å². The van der Waals surface area contributed by atoms with E-state index in [-0.39, 0.29) is 12.1 Å². The Kier molecular flexibility index (Phi) is 3.67. The molecule has 0 saturated heterocycles. The fourth-order valence-electron chi connectivity index (χ4n) is 1.81.